The average Bonchev–Trinajstić information content (AvgIpc) is 2.55. The van der Waals surface area contributed by atoms with Crippen LogP contribution in [-0.4, -0.2) is 49.1 Å². The van der Waals surface area contributed by atoms with Crippen LogP contribution in [0.4, 0.5) is 0 Å². The lowest BCUT2D eigenvalue weighted by atomic mass is 10.0. The van der Waals surface area contributed by atoms with E-state index in [9.17, 15) is 13.2 Å². The predicted octanol–water partition coefficient (Wildman–Crippen LogP) is 1.74. The van der Waals surface area contributed by atoms with Crippen LogP contribution in [0.2, 0.25) is 0 Å². The van der Waals surface area contributed by atoms with E-state index < -0.39 is 10.2 Å². The van der Waals surface area contributed by atoms with Crippen molar-refractivity contribution in [1.29, 1.82) is 0 Å². The fraction of sp³-hybridized carbons (Fsp3) is 0.588. The number of rotatable bonds is 7. The van der Waals surface area contributed by atoms with E-state index in [1.165, 1.54) is 11.2 Å². The quantitative estimate of drug-likeness (QED) is 0.812. The van der Waals surface area contributed by atoms with Crippen molar-refractivity contribution in [3.63, 3.8) is 0 Å². The van der Waals surface area contributed by atoms with E-state index in [2.05, 4.69) is 5.32 Å². The van der Waals surface area contributed by atoms with E-state index in [1.807, 2.05) is 30.3 Å². The maximum Gasteiger partial charge on any atom is 0.282 e. The average molecular weight is 353 g/mol. The van der Waals surface area contributed by atoms with Gasteiger partial charge >= 0.3 is 0 Å². The van der Waals surface area contributed by atoms with Gasteiger partial charge in [-0.05, 0) is 24.8 Å². The number of nitrogens with one attached hydrogen (secondary N) is 1. The molecular formula is C17H27N3O3S. The molecule has 0 spiro atoms. The van der Waals surface area contributed by atoms with Gasteiger partial charge in [-0.25, -0.2) is 0 Å². The second-order valence-electron chi connectivity index (χ2n) is 6.28. The molecule has 1 heterocycles. The molecular weight excluding hydrogens is 326 g/mol. The number of carbonyl (C=O) groups is 1. The molecule has 1 aliphatic rings. The van der Waals surface area contributed by atoms with E-state index in [1.54, 1.807) is 11.4 Å². The molecule has 1 N–H and O–H groups in total. The number of nitrogens with zero attached hydrogens (tertiary/aromatic N) is 2. The van der Waals surface area contributed by atoms with Crippen LogP contribution in [0.1, 0.15) is 38.2 Å². The molecule has 0 unspecified atom stereocenters. The Labute approximate surface area is 145 Å². The van der Waals surface area contributed by atoms with Crippen LogP contribution in [-0.2, 0) is 21.5 Å². The molecule has 134 valence electrons. The SMILES string of the molecule is CC(=O)NCC[C@@H]1CCCCN1S(=O)(=O)N(C)Cc1ccccc1. The molecule has 1 amide bonds. The molecule has 1 fully saturated rings. The highest BCUT2D eigenvalue weighted by Crippen LogP contribution is 2.24. The summed E-state index contributed by atoms with van der Waals surface area (Å²) in [4.78, 5) is 11.0. The van der Waals surface area contributed by atoms with Crippen molar-refractivity contribution in [2.24, 2.45) is 0 Å². The molecule has 1 aromatic rings. The third-order valence-electron chi connectivity index (χ3n) is 4.36. The van der Waals surface area contributed by atoms with E-state index in [0.717, 1.165) is 24.8 Å². The van der Waals surface area contributed by atoms with E-state index in [4.69, 9.17) is 0 Å². The highest BCUT2D eigenvalue weighted by atomic mass is 32.2. The Bertz CT molecular complexity index is 634. The van der Waals surface area contributed by atoms with Gasteiger partial charge in [-0.2, -0.15) is 17.0 Å². The van der Waals surface area contributed by atoms with Gasteiger partial charge in [0.15, 0.2) is 0 Å². The second-order valence-corrected chi connectivity index (χ2v) is 8.27. The van der Waals surface area contributed by atoms with Crippen molar-refractivity contribution in [2.75, 3.05) is 20.1 Å². The summed E-state index contributed by atoms with van der Waals surface area (Å²) < 4.78 is 29.0. The fourth-order valence-corrected chi connectivity index (χ4v) is 4.70. The molecule has 1 aromatic carbocycles. The summed E-state index contributed by atoms with van der Waals surface area (Å²) in [7, 11) is -1.88. The van der Waals surface area contributed by atoms with E-state index >= 15 is 0 Å². The summed E-state index contributed by atoms with van der Waals surface area (Å²) in [5.74, 6) is -0.0820. The van der Waals surface area contributed by atoms with Gasteiger partial charge in [-0.1, -0.05) is 36.8 Å². The van der Waals surface area contributed by atoms with Crippen LogP contribution in [0.5, 0.6) is 0 Å². The van der Waals surface area contributed by atoms with Crippen molar-refractivity contribution in [2.45, 2.75) is 45.2 Å². The zero-order valence-electron chi connectivity index (χ0n) is 14.4. The van der Waals surface area contributed by atoms with Crippen LogP contribution < -0.4 is 5.32 Å². The smallest absolute Gasteiger partial charge is 0.282 e. The summed E-state index contributed by atoms with van der Waals surface area (Å²) in [6.07, 6.45) is 3.41. The van der Waals surface area contributed by atoms with Crippen molar-refractivity contribution in [3.8, 4) is 0 Å². The first-order valence-electron chi connectivity index (χ1n) is 8.42. The standard InChI is InChI=1S/C17H27N3O3S/c1-15(21)18-12-11-17-10-6-7-13-20(17)24(22,23)19(2)14-16-8-4-3-5-9-16/h3-5,8-9,17H,6-7,10-14H2,1-2H3,(H,18,21)/t17-/m0/s1. The maximum absolute atomic E-state index is 13.0. The molecule has 1 aliphatic heterocycles. The molecule has 0 aliphatic carbocycles. The van der Waals surface area contributed by atoms with Crippen LogP contribution in [0.15, 0.2) is 30.3 Å². The molecule has 6 nitrogen and oxygen atoms in total. The lowest BCUT2D eigenvalue weighted by Crippen LogP contribution is -2.50. The zero-order chi connectivity index (χ0) is 17.6. The molecule has 1 atom stereocenters. The van der Waals surface area contributed by atoms with Gasteiger partial charge in [0.25, 0.3) is 10.2 Å². The number of hydrogen-bond acceptors (Lipinski definition) is 3. The largest absolute Gasteiger partial charge is 0.356 e. The minimum atomic E-state index is -3.51. The summed E-state index contributed by atoms with van der Waals surface area (Å²) in [5, 5.41) is 2.76. The number of hydrogen-bond donors (Lipinski definition) is 1. The minimum absolute atomic E-state index is 0.0474. The molecule has 24 heavy (non-hydrogen) atoms. The maximum atomic E-state index is 13.0. The molecule has 2 rings (SSSR count). The van der Waals surface area contributed by atoms with Gasteiger partial charge in [0, 0.05) is 39.6 Å². The van der Waals surface area contributed by atoms with Gasteiger partial charge in [-0.15, -0.1) is 0 Å². The Balaban J connectivity index is 2.04. The Morgan fingerprint density at radius 1 is 1.29 bits per heavy atom. The number of carbonyl (C=O) groups excluding carboxylic acids is 1. The first kappa shape index (κ1) is 18.9. The highest BCUT2D eigenvalue weighted by molar-refractivity contribution is 7.86. The fourth-order valence-electron chi connectivity index (χ4n) is 3.08. The van der Waals surface area contributed by atoms with Crippen molar-refractivity contribution in [3.05, 3.63) is 35.9 Å². The Kier molecular flexibility index (Phi) is 6.77. The Morgan fingerprint density at radius 2 is 2.00 bits per heavy atom. The lowest BCUT2D eigenvalue weighted by Gasteiger charge is -2.37. The first-order valence-corrected chi connectivity index (χ1v) is 9.82. The van der Waals surface area contributed by atoms with Gasteiger partial charge in [-0.3, -0.25) is 4.79 Å². The number of amides is 1. The van der Waals surface area contributed by atoms with Gasteiger partial charge in [0.1, 0.15) is 0 Å². The molecule has 0 bridgehead atoms. The molecule has 7 heteroatoms. The van der Waals surface area contributed by atoms with Crippen LogP contribution in [0.25, 0.3) is 0 Å². The second kappa shape index (κ2) is 8.60. The summed E-state index contributed by atoms with van der Waals surface area (Å²) >= 11 is 0. The third kappa shape index (κ3) is 5.03. The summed E-state index contributed by atoms with van der Waals surface area (Å²) in [6.45, 7) is 2.89. The van der Waals surface area contributed by atoms with Crippen LogP contribution >= 0.6 is 0 Å². The lowest BCUT2D eigenvalue weighted by molar-refractivity contribution is -0.119. The number of piperidine rings is 1. The molecule has 0 radical (unpaired) electrons. The molecule has 0 aromatic heterocycles. The Morgan fingerprint density at radius 3 is 2.67 bits per heavy atom. The monoisotopic (exact) mass is 353 g/mol. The third-order valence-corrected chi connectivity index (χ3v) is 6.35. The Hall–Kier alpha value is -1.44. The number of benzene rings is 1. The zero-order valence-corrected chi connectivity index (χ0v) is 15.3. The molecule has 0 saturated carbocycles. The van der Waals surface area contributed by atoms with E-state index in [0.29, 0.717) is 26.1 Å². The van der Waals surface area contributed by atoms with Crippen LogP contribution in [0.3, 0.4) is 0 Å². The van der Waals surface area contributed by atoms with Gasteiger partial charge < -0.3 is 5.32 Å². The van der Waals surface area contributed by atoms with Crippen molar-refractivity contribution >= 4 is 16.1 Å². The van der Waals surface area contributed by atoms with Gasteiger partial charge in [0.2, 0.25) is 5.91 Å². The normalized spacial score (nSPS) is 19.4. The summed E-state index contributed by atoms with van der Waals surface area (Å²) in [5.41, 5.74) is 0.968. The topological polar surface area (TPSA) is 69.7 Å². The summed E-state index contributed by atoms with van der Waals surface area (Å²) in [6, 6.07) is 9.54. The van der Waals surface area contributed by atoms with E-state index in [-0.39, 0.29) is 11.9 Å². The van der Waals surface area contributed by atoms with Crippen molar-refractivity contribution < 1.29 is 13.2 Å². The molecule has 1 saturated heterocycles. The minimum Gasteiger partial charge on any atom is -0.356 e. The highest BCUT2D eigenvalue weighted by Gasteiger charge is 2.34. The first-order chi connectivity index (χ1) is 11.4. The predicted molar refractivity (Wildman–Crippen MR) is 94.5 cm³/mol. The van der Waals surface area contributed by atoms with Crippen molar-refractivity contribution in [1.82, 2.24) is 13.9 Å². The van der Waals surface area contributed by atoms with Gasteiger partial charge in [0.05, 0.1) is 0 Å². The van der Waals surface area contributed by atoms with Crippen LogP contribution in [0, 0.1) is 0 Å².